The summed E-state index contributed by atoms with van der Waals surface area (Å²) in [6, 6.07) is 0. The van der Waals surface area contributed by atoms with Gasteiger partial charge in [-0.15, -0.1) is 0 Å². The summed E-state index contributed by atoms with van der Waals surface area (Å²) >= 11 is 0. The van der Waals surface area contributed by atoms with Gasteiger partial charge in [0, 0.05) is 12.8 Å². The van der Waals surface area contributed by atoms with Gasteiger partial charge in [-0.2, -0.15) is 0 Å². The summed E-state index contributed by atoms with van der Waals surface area (Å²) in [6.45, 7) is 6.59. The van der Waals surface area contributed by atoms with E-state index in [1.165, 1.54) is 0 Å². The molecular formula is C12H22O2. The summed E-state index contributed by atoms with van der Waals surface area (Å²) in [7, 11) is 0. The Hall–Kier alpha value is -0.0800. The highest BCUT2D eigenvalue weighted by atomic mass is 16.5. The van der Waals surface area contributed by atoms with Gasteiger partial charge in [-0.1, -0.05) is 20.8 Å². The molecule has 0 aliphatic carbocycles. The van der Waals surface area contributed by atoms with E-state index >= 15 is 0 Å². The fraction of sp³-hybridized carbons (Fsp3) is 1.00. The van der Waals surface area contributed by atoms with Crippen LogP contribution in [0.25, 0.3) is 0 Å². The molecule has 2 rings (SSSR count). The first-order valence-electron chi connectivity index (χ1n) is 5.74. The lowest BCUT2D eigenvalue weighted by Crippen LogP contribution is -2.43. The quantitative estimate of drug-likeness (QED) is 0.701. The fourth-order valence-corrected chi connectivity index (χ4v) is 3.14. The zero-order chi connectivity index (χ0) is 10.4. The third-order valence-corrected chi connectivity index (χ3v) is 3.27. The number of ether oxygens (including phenoxy) is 1. The van der Waals surface area contributed by atoms with Crippen molar-refractivity contribution in [2.75, 3.05) is 0 Å². The van der Waals surface area contributed by atoms with E-state index in [0.717, 1.165) is 32.1 Å². The molecule has 2 heterocycles. The van der Waals surface area contributed by atoms with E-state index in [9.17, 15) is 5.11 Å². The van der Waals surface area contributed by atoms with Crippen LogP contribution in [-0.2, 0) is 4.74 Å². The molecule has 2 aliphatic heterocycles. The lowest BCUT2D eigenvalue weighted by atomic mass is 9.76. The van der Waals surface area contributed by atoms with Crippen molar-refractivity contribution in [1.29, 1.82) is 0 Å². The highest BCUT2D eigenvalue weighted by Gasteiger charge is 2.45. The molecule has 0 saturated carbocycles. The van der Waals surface area contributed by atoms with Gasteiger partial charge in [0.1, 0.15) is 0 Å². The topological polar surface area (TPSA) is 29.5 Å². The highest BCUT2D eigenvalue weighted by Crippen LogP contribution is 2.43. The molecule has 0 spiro atoms. The highest BCUT2D eigenvalue weighted by molar-refractivity contribution is 4.96. The molecule has 0 aromatic heterocycles. The van der Waals surface area contributed by atoms with Crippen LogP contribution in [0.1, 0.15) is 52.9 Å². The summed E-state index contributed by atoms with van der Waals surface area (Å²) in [5, 5.41) is 10.5. The molecule has 2 heteroatoms. The Balaban J connectivity index is 2.02. The molecule has 82 valence electrons. The van der Waals surface area contributed by atoms with Crippen LogP contribution in [0.2, 0.25) is 0 Å². The van der Waals surface area contributed by atoms with Gasteiger partial charge in [0.25, 0.3) is 0 Å². The van der Waals surface area contributed by atoms with Crippen molar-refractivity contribution in [2.24, 2.45) is 5.41 Å². The van der Waals surface area contributed by atoms with Crippen LogP contribution in [0.15, 0.2) is 0 Å². The molecule has 0 aromatic rings. The summed E-state index contributed by atoms with van der Waals surface area (Å²) in [5.41, 5.74) is -0.242. The van der Waals surface area contributed by atoms with Gasteiger partial charge in [0.2, 0.25) is 0 Å². The molecular weight excluding hydrogens is 176 g/mol. The summed E-state index contributed by atoms with van der Waals surface area (Å²) in [5.74, 6) is 0. The van der Waals surface area contributed by atoms with Crippen LogP contribution in [0.5, 0.6) is 0 Å². The first kappa shape index (κ1) is 10.4. The number of hydrogen-bond donors (Lipinski definition) is 1. The van der Waals surface area contributed by atoms with Gasteiger partial charge in [0.05, 0.1) is 17.8 Å². The van der Waals surface area contributed by atoms with Crippen LogP contribution < -0.4 is 0 Å². The van der Waals surface area contributed by atoms with Crippen LogP contribution >= 0.6 is 0 Å². The lowest BCUT2D eigenvalue weighted by Gasteiger charge is -2.40. The Labute approximate surface area is 86.6 Å². The third-order valence-electron chi connectivity index (χ3n) is 3.27. The molecule has 0 aromatic carbocycles. The van der Waals surface area contributed by atoms with E-state index in [2.05, 4.69) is 20.8 Å². The van der Waals surface area contributed by atoms with Gasteiger partial charge in [-0.25, -0.2) is 0 Å². The molecule has 1 N–H and O–H groups in total. The van der Waals surface area contributed by atoms with E-state index in [1.807, 2.05) is 0 Å². The number of hydrogen-bond acceptors (Lipinski definition) is 2. The van der Waals surface area contributed by atoms with Crippen molar-refractivity contribution in [3.05, 3.63) is 0 Å². The van der Waals surface area contributed by atoms with Gasteiger partial charge in [-0.3, -0.25) is 0 Å². The maximum atomic E-state index is 10.5. The first-order valence-corrected chi connectivity index (χ1v) is 5.74. The van der Waals surface area contributed by atoms with E-state index < -0.39 is 5.60 Å². The van der Waals surface area contributed by atoms with E-state index in [1.54, 1.807) is 0 Å². The molecule has 14 heavy (non-hydrogen) atoms. The average Bonchev–Trinajstić information content (AvgIpc) is 2.25. The summed E-state index contributed by atoms with van der Waals surface area (Å²) in [4.78, 5) is 0. The van der Waals surface area contributed by atoms with Crippen molar-refractivity contribution < 1.29 is 9.84 Å². The predicted octanol–water partition coefficient (Wildman–Crippen LogP) is 2.50. The standard InChI is InChI=1S/C12H22O2/c1-11(2,3)8-12(13)6-9-4-5-10(7-12)14-9/h9-10,13H,4-8H2,1-3H3. The molecule has 0 amide bonds. The minimum Gasteiger partial charge on any atom is -0.390 e. The minimum absolute atomic E-state index is 0.214. The smallest absolute Gasteiger partial charge is 0.0702 e. The molecule has 2 aliphatic rings. The van der Waals surface area contributed by atoms with Crippen molar-refractivity contribution in [3.63, 3.8) is 0 Å². The molecule has 2 atom stereocenters. The number of aliphatic hydroxyl groups is 1. The minimum atomic E-state index is -0.456. The SMILES string of the molecule is CC(C)(C)CC1(O)CC2CCC(C1)O2. The van der Waals surface area contributed by atoms with Gasteiger partial charge >= 0.3 is 0 Å². The maximum Gasteiger partial charge on any atom is 0.0702 e. The van der Waals surface area contributed by atoms with Crippen molar-refractivity contribution >= 4 is 0 Å². The van der Waals surface area contributed by atoms with Crippen molar-refractivity contribution in [1.82, 2.24) is 0 Å². The fourth-order valence-electron chi connectivity index (χ4n) is 3.14. The largest absolute Gasteiger partial charge is 0.390 e. The van der Waals surface area contributed by atoms with Gasteiger partial charge in [-0.05, 0) is 24.7 Å². The Morgan fingerprint density at radius 3 is 2.14 bits per heavy atom. The number of rotatable bonds is 1. The zero-order valence-electron chi connectivity index (χ0n) is 9.55. The Kier molecular flexibility index (Phi) is 2.39. The molecule has 2 saturated heterocycles. The average molecular weight is 198 g/mol. The van der Waals surface area contributed by atoms with Crippen LogP contribution in [0.3, 0.4) is 0 Å². The molecule has 2 unspecified atom stereocenters. The van der Waals surface area contributed by atoms with Crippen molar-refractivity contribution in [3.8, 4) is 0 Å². The summed E-state index contributed by atoms with van der Waals surface area (Å²) in [6.07, 6.45) is 5.56. The Morgan fingerprint density at radius 2 is 1.71 bits per heavy atom. The molecule has 2 fully saturated rings. The molecule has 2 nitrogen and oxygen atoms in total. The van der Waals surface area contributed by atoms with Gasteiger partial charge < -0.3 is 9.84 Å². The Morgan fingerprint density at radius 1 is 1.21 bits per heavy atom. The summed E-state index contributed by atoms with van der Waals surface area (Å²) < 4.78 is 5.75. The maximum absolute atomic E-state index is 10.5. The second kappa shape index (κ2) is 3.21. The van der Waals surface area contributed by atoms with Crippen LogP contribution in [0, 0.1) is 5.41 Å². The second-order valence-corrected chi connectivity index (χ2v) is 6.33. The first-order chi connectivity index (χ1) is 6.36. The van der Waals surface area contributed by atoms with E-state index in [4.69, 9.17) is 4.74 Å². The second-order valence-electron chi connectivity index (χ2n) is 6.33. The normalized spacial score (nSPS) is 42.9. The van der Waals surface area contributed by atoms with Crippen LogP contribution in [-0.4, -0.2) is 22.9 Å². The monoisotopic (exact) mass is 198 g/mol. The van der Waals surface area contributed by atoms with Gasteiger partial charge in [0.15, 0.2) is 0 Å². The van der Waals surface area contributed by atoms with Crippen molar-refractivity contribution in [2.45, 2.75) is 70.7 Å². The molecule has 0 radical (unpaired) electrons. The third kappa shape index (κ3) is 2.29. The number of fused-ring (bicyclic) bond motifs is 2. The molecule has 2 bridgehead atoms. The predicted molar refractivity (Wildman–Crippen MR) is 56.2 cm³/mol. The Bertz CT molecular complexity index is 205. The lowest BCUT2D eigenvalue weighted by molar-refractivity contribution is -0.125. The van der Waals surface area contributed by atoms with E-state index in [0.29, 0.717) is 12.2 Å². The zero-order valence-corrected chi connectivity index (χ0v) is 9.55. The van der Waals surface area contributed by atoms with E-state index in [-0.39, 0.29) is 5.41 Å². The van der Waals surface area contributed by atoms with Crippen LogP contribution in [0.4, 0.5) is 0 Å².